The Hall–Kier alpha value is -4.81. The number of nitrogens with zero attached hydrogens (tertiary/aromatic N) is 4. The lowest BCUT2D eigenvalue weighted by molar-refractivity contribution is -0.112. The highest BCUT2D eigenvalue weighted by Crippen LogP contribution is 2.41. The summed E-state index contributed by atoms with van der Waals surface area (Å²) in [6, 6.07) is 15.8. The van der Waals surface area contributed by atoms with E-state index in [0.717, 1.165) is 72.3 Å². The van der Waals surface area contributed by atoms with Crippen molar-refractivity contribution in [2.24, 2.45) is 5.92 Å². The molecule has 2 saturated carbocycles. The maximum atomic E-state index is 12.8. The van der Waals surface area contributed by atoms with E-state index in [1.807, 2.05) is 36.4 Å². The molecular weight excluding hydrogens is 606 g/mol. The minimum atomic E-state index is -0.422. The lowest BCUT2D eigenvalue weighted by Gasteiger charge is -2.30. The first-order valence-electron chi connectivity index (χ1n) is 17.0. The fourth-order valence-corrected chi connectivity index (χ4v) is 6.18. The minimum Gasteiger partial charge on any atom is -0.379 e. The van der Waals surface area contributed by atoms with E-state index in [9.17, 15) is 9.59 Å². The zero-order chi connectivity index (χ0) is 32.9. The van der Waals surface area contributed by atoms with Crippen LogP contribution >= 0.6 is 0 Å². The normalized spacial score (nSPS) is 18.1. The maximum absolute atomic E-state index is 12.8. The van der Waals surface area contributed by atoms with Crippen LogP contribution in [-0.2, 0) is 14.3 Å². The lowest BCUT2D eigenvalue weighted by atomic mass is 9.85. The first-order chi connectivity index (χ1) is 23.5. The van der Waals surface area contributed by atoms with E-state index < -0.39 is 5.92 Å². The van der Waals surface area contributed by atoms with Gasteiger partial charge < -0.3 is 25.5 Å². The Morgan fingerprint density at radius 3 is 2.23 bits per heavy atom. The van der Waals surface area contributed by atoms with Crippen molar-refractivity contribution in [3.63, 3.8) is 0 Å². The van der Waals surface area contributed by atoms with Gasteiger partial charge in [0, 0.05) is 84.7 Å². The number of anilines is 3. The minimum absolute atomic E-state index is 0.174. The summed E-state index contributed by atoms with van der Waals surface area (Å²) in [5, 5.41) is 25.3. The fourth-order valence-electron chi connectivity index (χ4n) is 6.18. The number of nitrogens with one attached hydrogen (secondary N) is 5. The predicted octanol–water partition coefficient (Wildman–Crippen LogP) is 5.25. The van der Waals surface area contributed by atoms with E-state index in [4.69, 9.17) is 4.74 Å². The number of aromatic nitrogens is 5. The van der Waals surface area contributed by atoms with Gasteiger partial charge in [0.25, 0.3) is 0 Å². The van der Waals surface area contributed by atoms with Crippen LogP contribution in [0.25, 0.3) is 11.1 Å². The van der Waals surface area contributed by atoms with Crippen LogP contribution in [0.15, 0.2) is 66.9 Å². The van der Waals surface area contributed by atoms with Crippen LogP contribution in [0.3, 0.4) is 0 Å². The molecule has 5 N–H and O–H groups in total. The van der Waals surface area contributed by atoms with E-state index in [1.54, 1.807) is 18.3 Å². The number of carbonyl (C=O) groups excluding carboxylic acids is 2. The van der Waals surface area contributed by atoms with Gasteiger partial charge in [-0.25, -0.2) is 4.98 Å². The van der Waals surface area contributed by atoms with Crippen molar-refractivity contribution in [2.45, 2.75) is 56.5 Å². The Labute approximate surface area is 280 Å². The SMILES string of the molecule is CC(C(Nc1cc(C2CC2)[nH]n1)Nc1cc(C2CC2)[nH]n1)C(C=O)c1cccc(-c2ccc(NC(=O)/C=C/CN3CCOCC3)nc2)c1. The third kappa shape index (κ3) is 8.00. The Kier molecular flexibility index (Phi) is 9.62. The zero-order valence-corrected chi connectivity index (χ0v) is 27.2. The Morgan fingerprint density at radius 1 is 0.938 bits per heavy atom. The molecule has 2 aliphatic carbocycles. The predicted molar refractivity (Wildman–Crippen MR) is 185 cm³/mol. The van der Waals surface area contributed by atoms with E-state index >= 15 is 0 Å². The molecule has 0 radical (unpaired) electrons. The second-order valence-corrected chi connectivity index (χ2v) is 13.1. The molecule has 48 heavy (non-hydrogen) atoms. The number of rotatable bonds is 15. The van der Waals surface area contributed by atoms with Crippen molar-refractivity contribution in [1.82, 2.24) is 30.3 Å². The highest BCUT2D eigenvalue weighted by molar-refractivity contribution is 5.98. The molecule has 3 aliphatic rings. The van der Waals surface area contributed by atoms with Gasteiger partial charge in [0.2, 0.25) is 5.91 Å². The summed E-state index contributed by atoms with van der Waals surface area (Å²) in [7, 11) is 0. The van der Waals surface area contributed by atoms with Crippen LogP contribution in [0.2, 0.25) is 0 Å². The van der Waals surface area contributed by atoms with Crippen LogP contribution in [0.4, 0.5) is 17.5 Å². The van der Waals surface area contributed by atoms with Gasteiger partial charge in [-0.1, -0.05) is 37.3 Å². The number of H-pyrrole nitrogens is 2. The third-order valence-electron chi connectivity index (χ3n) is 9.43. The van der Waals surface area contributed by atoms with Gasteiger partial charge in [0.15, 0.2) is 0 Å². The summed E-state index contributed by atoms with van der Waals surface area (Å²) in [5.74, 6) is 2.24. The Bertz CT molecular complexity index is 1670. The average Bonchev–Trinajstić information content (AvgIpc) is 4.05. The smallest absolute Gasteiger partial charge is 0.249 e. The number of aromatic amines is 2. The number of benzene rings is 1. The molecule has 12 nitrogen and oxygen atoms in total. The summed E-state index contributed by atoms with van der Waals surface area (Å²) < 4.78 is 5.37. The highest BCUT2D eigenvalue weighted by atomic mass is 16.5. The van der Waals surface area contributed by atoms with Gasteiger partial charge in [-0.2, -0.15) is 10.2 Å². The van der Waals surface area contributed by atoms with Crippen LogP contribution < -0.4 is 16.0 Å². The number of hydrogen-bond acceptors (Lipinski definition) is 9. The number of amides is 1. The van der Waals surface area contributed by atoms with E-state index in [-0.39, 0.29) is 18.0 Å². The molecule has 12 heteroatoms. The molecule has 1 amide bonds. The van der Waals surface area contributed by atoms with Crippen LogP contribution in [0, 0.1) is 5.92 Å². The quantitative estimate of drug-likeness (QED) is 0.0661. The van der Waals surface area contributed by atoms with Crippen LogP contribution in [0.5, 0.6) is 0 Å². The van der Waals surface area contributed by atoms with Crippen molar-refractivity contribution >= 4 is 29.6 Å². The number of ether oxygens (including phenoxy) is 1. The Morgan fingerprint density at radius 2 is 1.62 bits per heavy atom. The zero-order valence-electron chi connectivity index (χ0n) is 27.2. The summed E-state index contributed by atoms with van der Waals surface area (Å²) in [6.45, 7) is 5.96. The first-order valence-corrected chi connectivity index (χ1v) is 17.0. The molecule has 250 valence electrons. The third-order valence-corrected chi connectivity index (χ3v) is 9.43. The van der Waals surface area contributed by atoms with E-state index in [1.165, 1.54) is 25.7 Å². The second-order valence-electron chi connectivity index (χ2n) is 13.1. The summed E-state index contributed by atoms with van der Waals surface area (Å²) >= 11 is 0. The molecule has 0 bridgehead atoms. The maximum Gasteiger partial charge on any atom is 0.249 e. The topological polar surface area (TPSA) is 153 Å². The molecule has 2 atom stereocenters. The summed E-state index contributed by atoms with van der Waals surface area (Å²) in [4.78, 5) is 31.9. The van der Waals surface area contributed by atoms with Crippen molar-refractivity contribution in [2.75, 3.05) is 48.8 Å². The number of aldehydes is 1. The Balaban J connectivity index is 1.03. The molecule has 0 spiro atoms. The number of morpholine rings is 1. The molecule has 1 saturated heterocycles. The van der Waals surface area contributed by atoms with Crippen LogP contribution in [0.1, 0.15) is 67.3 Å². The van der Waals surface area contributed by atoms with Gasteiger partial charge in [-0.3, -0.25) is 19.9 Å². The molecule has 1 aliphatic heterocycles. The number of pyridine rings is 1. The largest absolute Gasteiger partial charge is 0.379 e. The van der Waals surface area contributed by atoms with Crippen molar-refractivity contribution in [3.05, 3.63) is 83.8 Å². The van der Waals surface area contributed by atoms with Gasteiger partial charge in [0.05, 0.1) is 13.2 Å². The van der Waals surface area contributed by atoms with Crippen molar-refractivity contribution < 1.29 is 14.3 Å². The second kappa shape index (κ2) is 14.5. The molecule has 7 rings (SSSR count). The lowest BCUT2D eigenvalue weighted by Crippen LogP contribution is -2.39. The van der Waals surface area contributed by atoms with Gasteiger partial charge in [-0.05, 0) is 48.9 Å². The first kappa shape index (κ1) is 31.8. The van der Waals surface area contributed by atoms with Crippen molar-refractivity contribution in [3.8, 4) is 11.1 Å². The molecule has 2 unspecified atom stereocenters. The number of carbonyl (C=O) groups is 2. The molecule has 3 aromatic heterocycles. The standard InChI is InChI=1S/C36H43N9O3/c1-23(36(39-33-19-30(41-43-33)24-7-8-24)40-34-20-31(42-44-34)25-9-10-25)29(22-46)27-5-2-4-26(18-27)28-11-12-32(37-21-28)38-35(47)6-3-13-45-14-16-48-17-15-45/h2-6,11-12,18-25,29,36H,7-10,13-17H2,1H3,(H,37,38,47)(H2,39,41,43)(H2,40,42,44)/b6-3+. The molecule has 1 aromatic carbocycles. The highest BCUT2D eigenvalue weighted by Gasteiger charge is 2.31. The number of hydrogen-bond donors (Lipinski definition) is 5. The van der Waals surface area contributed by atoms with Crippen LogP contribution in [-0.4, -0.2) is 81.5 Å². The fraction of sp³-hybridized carbons (Fsp3) is 0.417. The van der Waals surface area contributed by atoms with Crippen molar-refractivity contribution in [1.29, 1.82) is 0 Å². The van der Waals surface area contributed by atoms with Gasteiger partial charge in [0.1, 0.15) is 29.9 Å². The molecular formula is C36H43N9O3. The average molecular weight is 650 g/mol. The van der Waals surface area contributed by atoms with Gasteiger partial charge in [-0.15, -0.1) is 0 Å². The summed E-state index contributed by atoms with van der Waals surface area (Å²) in [6.07, 6.45) is 10.6. The van der Waals surface area contributed by atoms with E-state index in [2.05, 4.69) is 65.3 Å². The summed E-state index contributed by atoms with van der Waals surface area (Å²) in [5.41, 5.74) is 4.99. The molecule has 4 heterocycles. The monoisotopic (exact) mass is 649 g/mol. The van der Waals surface area contributed by atoms with E-state index in [0.29, 0.717) is 24.2 Å². The molecule has 4 aromatic rings. The molecule has 3 fully saturated rings. The van der Waals surface area contributed by atoms with Gasteiger partial charge >= 0.3 is 0 Å².